The van der Waals surface area contributed by atoms with Gasteiger partial charge in [-0.3, -0.25) is 4.79 Å². The van der Waals surface area contributed by atoms with E-state index in [0.29, 0.717) is 0 Å². The molecule has 1 aliphatic heterocycles. The molecule has 4 aromatic rings. The second-order valence-corrected chi connectivity index (χ2v) is 6.83. The normalized spacial score (nSPS) is 16.3. The molecule has 0 bridgehead atoms. The summed E-state index contributed by atoms with van der Waals surface area (Å²) in [6.07, 6.45) is -0.231. The molecule has 0 N–H and O–H groups in total. The Hall–Kier alpha value is -3.23. The van der Waals surface area contributed by atoms with Crippen LogP contribution >= 0.6 is 0 Å². The van der Waals surface area contributed by atoms with Gasteiger partial charge in [0, 0.05) is 11.1 Å². The summed E-state index contributed by atoms with van der Waals surface area (Å²) in [6, 6.07) is 30.7. The lowest BCUT2D eigenvalue weighted by atomic mass is 9.83. The number of benzene rings is 4. The maximum absolute atomic E-state index is 13.0. The van der Waals surface area contributed by atoms with E-state index in [9.17, 15) is 4.79 Å². The summed E-state index contributed by atoms with van der Waals surface area (Å²) in [5, 5.41) is 2.22. The molecule has 0 saturated carbocycles. The molecule has 1 aliphatic rings. The number of ketones is 1. The van der Waals surface area contributed by atoms with E-state index in [1.807, 2.05) is 48.5 Å². The SMILES string of the molecule is O=C1COC(c2ccccc2)c2cc3ccccc3c(-c3ccccc3)c21. The molecule has 0 aromatic heterocycles. The van der Waals surface area contributed by atoms with Crippen LogP contribution < -0.4 is 0 Å². The van der Waals surface area contributed by atoms with Gasteiger partial charge in [0.25, 0.3) is 0 Å². The Balaban J connectivity index is 1.86. The van der Waals surface area contributed by atoms with Gasteiger partial charge in [-0.1, -0.05) is 84.9 Å². The van der Waals surface area contributed by atoms with Crippen LogP contribution in [0.4, 0.5) is 0 Å². The van der Waals surface area contributed by atoms with Crippen molar-refractivity contribution in [1.29, 1.82) is 0 Å². The van der Waals surface area contributed by atoms with Crippen LogP contribution in [0.25, 0.3) is 21.9 Å². The standard InChI is InChI=1S/C25H18O2/c26-22-16-27-25(18-11-5-2-6-12-18)21-15-19-13-7-8-14-20(19)23(24(21)22)17-9-3-1-4-10-17/h1-15,25H,16H2. The molecule has 0 aliphatic carbocycles. The first-order chi connectivity index (χ1) is 13.3. The smallest absolute Gasteiger partial charge is 0.189 e. The number of Topliss-reactive ketones (excluding diaryl/α,β-unsaturated/α-hetero) is 1. The van der Waals surface area contributed by atoms with Crippen LogP contribution in [0.15, 0.2) is 91.0 Å². The van der Waals surface area contributed by atoms with Crippen LogP contribution in [0.2, 0.25) is 0 Å². The zero-order chi connectivity index (χ0) is 18.2. The molecule has 1 unspecified atom stereocenters. The highest BCUT2D eigenvalue weighted by atomic mass is 16.5. The summed E-state index contributed by atoms with van der Waals surface area (Å²) in [5.74, 6) is 0.0433. The van der Waals surface area contributed by atoms with E-state index in [2.05, 4.69) is 42.5 Å². The van der Waals surface area contributed by atoms with Crippen molar-refractivity contribution in [1.82, 2.24) is 0 Å². The first-order valence-corrected chi connectivity index (χ1v) is 9.14. The second-order valence-electron chi connectivity index (χ2n) is 6.83. The van der Waals surface area contributed by atoms with Crippen molar-refractivity contribution in [2.24, 2.45) is 0 Å². The van der Waals surface area contributed by atoms with Crippen molar-refractivity contribution in [3.8, 4) is 11.1 Å². The van der Waals surface area contributed by atoms with Gasteiger partial charge in [-0.2, -0.15) is 0 Å². The third kappa shape index (κ3) is 2.66. The first-order valence-electron chi connectivity index (χ1n) is 9.14. The van der Waals surface area contributed by atoms with Crippen LogP contribution in [0.5, 0.6) is 0 Å². The number of hydrogen-bond acceptors (Lipinski definition) is 2. The van der Waals surface area contributed by atoms with Crippen molar-refractivity contribution in [3.63, 3.8) is 0 Å². The maximum Gasteiger partial charge on any atom is 0.189 e. The fourth-order valence-corrected chi connectivity index (χ4v) is 4.01. The quantitative estimate of drug-likeness (QED) is 0.456. The van der Waals surface area contributed by atoms with Gasteiger partial charge in [0.15, 0.2) is 5.78 Å². The van der Waals surface area contributed by atoms with Crippen molar-refractivity contribution in [3.05, 3.63) is 108 Å². The van der Waals surface area contributed by atoms with Crippen LogP contribution in [0, 0.1) is 0 Å². The molecule has 0 spiro atoms. The van der Waals surface area contributed by atoms with Crippen LogP contribution in [0.1, 0.15) is 27.6 Å². The monoisotopic (exact) mass is 350 g/mol. The number of carbonyl (C=O) groups is 1. The van der Waals surface area contributed by atoms with Gasteiger partial charge in [-0.05, 0) is 33.5 Å². The molecule has 1 heterocycles. The zero-order valence-electron chi connectivity index (χ0n) is 14.8. The topological polar surface area (TPSA) is 26.3 Å². The highest BCUT2D eigenvalue weighted by Crippen LogP contribution is 2.42. The van der Waals surface area contributed by atoms with Gasteiger partial charge >= 0.3 is 0 Å². The predicted molar refractivity (Wildman–Crippen MR) is 108 cm³/mol. The van der Waals surface area contributed by atoms with Gasteiger partial charge in [-0.15, -0.1) is 0 Å². The fraction of sp³-hybridized carbons (Fsp3) is 0.0800. The van der Waals surface area contributed by atoms with Crippen molar-refractivity contribution < 1.29 is 9.53 Å². The summed E-state index contributed by atoms with van der Waals surface area (Å²) in [7, 11) is 0. The van der Waals surface area contributed by atoms with Crippen LogP contribution in [0.3, 0.4) is 0 Å². The number of ether oxygens (including phenoxy) is 1. The molecule has 0 fully saturated rings. The largest absolute Gasteiger partial charge is 0.361 e. The lowest BCUT2D eigenvalue weighted by Crippen LogP contribution is -2.24. The van der Waals surface area contributed by atoms with E-state index in [0.717, 1.165) is 38.6 Å². The summed E-state index contributed by atoms with van der Waals surface area (Å²) >= 11 is 0. The molecule has 2 nitrogen and oxygen atoms in total. The Bertz CT molecular complexity index is 1130. The average molecular weight is 350 g/mol. The Labute approximate surface area is 158 Å². The van der Waals surface area contributed by atoms with Gasteiger partial charge in [0.2, 0.25) is 0 Å². The molecule has 1 atom stereocenters. The molecule has 0 saturated heterocycles. The second kappa shape index (κ2) is 6.49. The maximum atomic E-state index is 13.0. The summed E-state index contributed by atoms with van der Waals surface area (Å²) in [6.45, 7) is 0.102. The van der Waals surface area contributed by atoms with E-state index >= 15 is 0 Å². The highest BCUT2D eigenvalue weighted by Gasteiger charge is 2.31. The average Bonchev–Trinajstić information content (AvgIpc) is 2.74. The predicted octanol–water partition coefficient (Wildman–Crippen LogP) is 5.81. The highest BCUT2D eigenvalue weighted by molar-refractivity contribution is 6.13. The van der Waals surface area contributed by atoms with E-state index < -0.39 is 0 Å². The molecule has 4 aromatic carbocycles. The molecular weight excluding hydrogens is 332 g/mol. The summed E-state index contributed by atoms with van der Waals surface area (Å²) in [5.41, 5.74) is 4.89. The number of fused-ring (bicyclic) bond motifs is 2. The molecule has 27 heavy (non-hydrogen) atoms. The molecular formula is C25H18O2. The van der Waals surface area contributed by atoms with E-state index in [-0.39, 0.29) is 18.5 Å². The minimum absolute atomic E-state index is 0.0433. The van der Waals surface area contributed by atoms with Gasteiger partial charge < -0.3 is 4.74 Å². The Kier molecular flexibility index (Phi) is 3.84. The zero-order valence-corrected chi connectivity index (χ0v) is 14.8. The minimum Gasteiger partial charge on any atom is -0.361 e. The third-order valence-corrected chi connectivity index (χ3v) is 5.19. The summed E-state index contributed by atoms with van der Waals surface area (Å²) in [4.78, 5) is 13.0. The Morgan fingerprint density at radius 3 is 2.19 bits per heavy atom. The fourth-order valence-electron chi connectivity index (χ4n) is 4.01. The lowest BCUT2D eigenvalue weighted by molar-refractivity contribution is 0.0513. The molecule has 130 valence electrons. The van der Waals surface area contributed by atoms with Crippen molar-refractivity contribution in [2.45, 2.75) is 6.10 Å². The van der Waals surface area contributed by atoms with Crippen LogP contribution in [-0.4, -0.2) is 12.4 Å². The third-order valence-electron chi connectivity index (χ3n) is 5.19. The Morgan fingerprint density at radius 2 is 1.41 bits per heavy atom. The number of hydrogen-bond donors (Lipinski definition) is 0. The number of carbonyl (C=O) groups excluding carboxylic acids is 1. The molecule has 0 radical (unpaired) electrons. The lowest BCUT2D eigenvalue weighted by Gasteiger charge is -2.28. The molecule has 5 rings (SSSR count). The number of rotatable bonds is 2. The molecule has 0 amide bonds. The van der Waals surface area contributed by atoms with Crippen molar-refractivity contribution >= 4 is 16.6 Å². The van der Waals surface area contributed by atoms with E-state index in [1.165, 1.54) is 0 Å². The van der Waals surface area contributed by atoms with Crippen LogP contribution in [-0.2, 0) is 4.74 Å². The van der Waals surface area contributed by atoms with E-state index in [4.69, 9.17) is 4.74 Å². The van der Waals surface area contributed by atoms with E-state index in [1.54, 1.807) is 0 Å². The Morgan fingerprint density at radius 1 is 0.741 bits per heavy atom. The first kappa shape index (κ1) is 16.0. The minimum atomic E-state index is -0.231. The van der Waals surface area contributed by atoms with Crippen molar-refractivity contribution in [2.75, 3.05) is 6.61 Å². The van der Waals surface area contributed by atoms with Gasteiger partial charge in [0.05, 0.1) is 0 Å². The van der Waals surface area contributed by atoms with Gasteiger partial charge in [-0.25, -0.2) is 0 Å². The molecule has 2 heteroatoms. The summed E-state index contributed by atoms with van der Waals surface area (Å²) < 4.78 is 5.99. The van der Waals surface area contributed by atoms with Gasteiger partial charge in [0.1, 0.15) is 12.7 Å².